The number of aliphatic carboxylic acids is 1. The van der Waals surface area contributed by atoms with Gasteiger partial charge in [0.15, 0.2) is 0 Å². The highest BCUT2D eigenvalue weighted by Gasteiger charge is 2.49. The van der Waals surface area contributed by atoms with Crippen molar-refractivity contribution in [2.75, 3.05) is 6.54 Å². The molecule has 1 atom stereocenters. The molecule has 1 saturated heterocycles. The van der Waals surface area contributed by atoms with E-state index in [1.165, 1.54) is 0 Å². The Hall–Kier alpha value is -0.610. The molecule has 14 heavy (non-hydrogen) atoms. The van der Waals surface area contributed by atoms with Gasteiger partial charge in [0.2, 0.25) is 0 Å². The molecule has 1 rings (SSSR count). The standard InChI is InChI=1S/C10H18NO3/c1-9(2)5-7(8(12)13)10(3,4)11(14)6-9/h7H,5-6H2,1-4H3,(H,12,13). The van der Waals surface area contributed by atoms with E-state index < -0.39 is 17.4 Å². The average molecular weight is 200 g/mol. The smallest absolute Gasteiger partial charge is 0.308 e. The predicted octanol–water partition coefficient (Wildman–Crippen LogP) is 1.54. The second-order valence-electron chi connectivity index (χ2n) is 5.45. The summed E-state index contributed by atoms with van der Waals surface area (Å²) in [5, 5.41) is 21.7. The van der Waals surface area contributed by atoms with Crippen molar-refractivity contribution in [2.45, 2.75) is 39.7 Å². The maximum absolute atomic E-state index is 11.7. The summed E-state index contributed by atoms with van der Waals surface area (Å²) in [5.74, 6) is -1.45. The first-order valence-corrected chi connectivity index (χ1v) is 4.84. The third-order valence-corrected chi connectivity index (χ3v) is 3.12. The van der Waals surface area contributed by atoms with Gasteiger partial charge >= 0.3 is 5.97 Å². The molecule has 1 heterocycles. The van der Waals surface area contributed by atoms with Gasteiger partial charge in [-0.3, -0.25) is 4.79 Å². The van der Waals surface area contributed by atoms with Gasteiger partial charge in [-0.1, -0.05) is 13.8 Å². The van der Waals surface area contributed by atoms with Crippen molar-refractivity contribution in [3.8, 4) is 0 Å². The Bertz CT molecular complexity index is 248. The van der Waals surface area contributed by atoms with Crippen molar-refractivity contribution in [1.29, 1.82) is 0 Å². The fraction of sp³-hybridized carbons (Fsp3) is 0.900. The summed E-state index contributed by atoms with van der Waals surface area (Å²) in [4.78, 5) is 11.0. The van der Waals surface area contributed by atoms with Crippen LogP contribution < -0.4 is 0 Å². The van der Waals surface area contributed by atoms with Gasteiger partial charge in [-0.05, 0) is 25.7 Å². The molecule has 1 aliphatic heterocycles. The summed E-state index contributed by atoms with van der Waals surface area (Å²) in [6, 6.07) is 0. The van der Waals surface area contributed by atoms with Gasteiger partial charge in [0, 0.05) is 6.54 Å². The minimum absolute atomic E-state index is 0.208. The summed E-state index contributed by atoms with van der Waals surface area (Å²) in [7, 11) is 0. The zero-order valence-electron chi connectivity index (χ0n) is 9.20. The maximum atomic E-state index is 11.7. The van der Waals surface area contributed by atoms with E-state index in [0.717, 1.165) is 5.06 Å². The van der Waals surface area contributed by atoms with Crippen LogP contribution >= 0.6 is 0 Å². The van der Waals surface area contributed by atoms with Crippen molar-refractivity contribution < 1.29 is 15.1 Å². The van der Waals surface area contributed by atoms with Crippen molar-refractivity contribution in [3.63, 3.8) is 0 Å². The number of carbonyl (C=O) groups is 1. The van der Waals surface area contributed by atoms with Gasteiger partial charge in [0.25, 0.3) is 0 Å². The Balaban J connectivity index is 2.95. The van der Waals surface area contributed by atoms with Crippen molar-refractivity contribution in [2.24, 2.45) is 11.3 Å². The lowest BCUT2D eigenvalue weighted by molar-refractivity contribution is -0.267. The lowest BCUT2D eigenvalue weighted by Crippen LogP contribution is -2.58. The van der Waals surface area contributed by atoms with Gasteiger partial charge in [0.05, 0.1) is 11.5 Å². The average Bonchev–Trinajstić information content (AvgIpc) is 1.96. The number of hydroxylamine groups is 2. The molecule has 0 aromatic heterocycles. The highest BCUT2D eigenvalue weighted by Crippen LogP contribution is 2.41. The van der Waals surface area contributed by atoms with E-state index in [9.17, 15) is 10.0 Å². The topological polar surface area (TPSA) is 60.4 Å². The van der Waals surface area contributed by atoms with E-state index in [1.807, 2.05) is 13.8 Å². The maximum Gasteiger partial charge on any atom is 0.308 e. The second kappa shape index (κ2) is 3.21. The van der Waals surface area contributed by atoms with Gasteiger partial charge in [0.1, 0.15) is 0 Å². The predicted molar refractivity (Wildman–Crippen MR) is 51.0 cm³/mol. The van der Waals surface area contributed by atoms with Crippen LogP contribution in [0.3, 0.4) is 0 Å². The minimum Gasteiger partial charge on any atom is -0.481 e. The molecule has 0 aromatic rings. The van der Waals surface area contributed by atoms with Crippen LogP contribution in [0.15, 0.2) is 0 Å². The zero-order valence-corrected chi connectivity index (χ0v) is 9.20. The molecule has 0 amide bonds. The highest BCUT2D eigenvalue weighted by molar-refractivity contribution is 5.72. The first-order chi connectivity index (χ1) is 6.17. The zero-order chi connectivity index (χ0) is 11.1. The van der Waals surface area contributed by atoms with E-state index >= 15 is 0 Å². The highest BCUT2D eigenvalue weighted by atomic mass is 16.5. The monoisotopic (exact) mass is 200 g/mol. The van der Waals surface area contributed by atoms with E-state index in [0.29, 0.717) is 13.0 Å². The number of hydrogen-bond acceptors (Lipinski definition) is 2. The Morgan fingerprint density at radius 1 is 1.36 bits per heavy atom. The lowest BCUT2D eigenvalue weighted by Gasteiger charge is -2.47. The molecule has 1 N–H and O–H groups in total. The molecule has 4 heteroatoms. The molecule has 0 saturated carbocycles. The lowest BCUT2D eigenvalue weighted by atomic mass is 9.70. The molecule has 0 aliphatic carbocycles. The van der Waals surface area contributed by atoms with Crippen LogP contribution in [0.5, 0.6) is 0 Å². The van der Waals surface area contributed by atoms with Crippen molar-refractivity contribution in [3.05, 3.63) is 0 Å². The summed E-state index contributed by atoms with van der Waals surface area (Å²) >= 11 is 0. The molecule has 4 nitrogen and oxygen atoms in total. The Morgan fingerprint density at radius 2 is 1.86 bits per heavy atom. The van der Waals surface area contributed by atoms with Crippen LogP contribution in [0.25, 0.3) is 0 Å². The van der Waals surface area contributed by atoms with Crippen LogP contribution in [0, 0.1) is 11.3 Å². The molecule has 1 aliphatic rings. The molecule has 1 fully saturated rings. The number of carboxylic acids is 1. The Labute approximate surface area is 84.5 Å². The third-order valence-electron chi connectivity index (χ3n) is 3.12. The van der Waals surface area contributed by atoms with E-state index in [1.54, 1.807) is 13.8 Å². The van der Waals surface area contributed by atoms with Crippen LogP contribution in [0.2, 0.25) is 0 Å². The number of carboxylic acid groups (broad SMARTS) is 1. The molecule has 81 valence electrons. The van der Waals surface area contributed by atoms with E-state index in [-0.39, 0.29) is 5.41 Å². The number of hydrogen-bond donors (Lipinski definition) is 1. The Kier molecular flexibility index (Phi) is 2.63. The minimum atomic E-state index is -0.872. The van der Waals surface area contributed by atoms with E-state index in [4.69, 9.17) is 5.11 Å². The molecule has 1 radical (unpaired) electrons. The van der Waals surface area contributed by atoms with Crippen molar-refractivity contribution >= 4 is 5.97 Å². The van der Waals surface area contributed by atoms with Crippen molar-refractivity contribution in [1.82, 2.24) is 5.06 Å². The van der Waals surface area contributed by atoms with Crippen LogP contribution in [0.4, 0.5) is 0 Å². The first-order valence-electron chi connectivity index (χ1n) is 4.84. The molecule has 1 unspecified atom stereocenters. The third kappa shape index (κ3) is 1.91. The fourth-order valence-electron chi connectivity index (χ4n) is 2.02. The first kappa shape index (κ1) is 11.5. The number of rotatable bonds is 1. The molecule has 0 bridgehead atoms. The summed E-state index contributed by atoms with van der Waals surface area (Å²) in [6.45, 7) is 7.68. The fourth-order valence-corrected chi connectivity index (χ4v) is 2.02. The quantitative estimate of drug-likeness (QED) is 0.698. The molecule has 0 aromatic carbocycles. The molecular formula is C10H18NO3. The van der Waals surface area contributed by atoms with Gasteiger partial charge in [-0.25, -0.2) is 0 Å². The largest absolute Gasteiger partial charge is 0.481 e. The van der Waals surface area contributed by atoms with E-state index in [2.05, 4.69) is 0 Å². The van der Waals surface area contributed by atoms with Gasteiger partial charge < -0.3 is 5.11 Å². The Morgan fingerprint density at radius 3 is 2.29 bits per heavy atom. The van der Waals surface area contributed by atoms with Gasteiger partial charge in [-0.15, -0.1) is 10.3 Å². The number of nitrogens with zero attached hydrogens (tertiary/aromatic N) is 1. The summed E-state index contributed by atoms with van der Waals surface area (Å²) in [6.07, 6.45) is 0.564. The molecule has 0 spiro atoms. The normalized spacial score (nSPS) is 31.4. The van der Waals surface area contributed by atoms with Gasteiger partial charge in [-0.2, -0.15) is 0 Å². The van der Waals surface area contributed by atoms with Crippen LogP contribution in [-0.4, -0.2) is 28.2 Å². The summed E-state index contributed by atoms with van der Waals surface area (Å²) in [5.41, 5.74) is -0.998. The summed E-state index contributed by atoms with van der Waals surface area (Å²) < 4.78 is 0. The van der Waals surface area contributed by atoms with Crippen LogP contribution in [-0.2, 0) is 10.0 Å². The molecular weight excluding hydrogens is 182 g/mol. The SMILES string of the molecule is CC1(C)CC(C(=O)O)C(C)(C)N([O])C1. The second-order valence-corrected chi connectivity index (χ2v) is 5.45. The van der Waals surface area contributed by atoms with Crippen LogP contribution in [0.1, 0.15) is 34.1 Å². The number of piperidine rings is 1.